The highest BCUT2D eigenvalue weighted by Gasteiger charge is 2.12. The van der Waals surface area contributed by atoms with Crippen LogP contribution in [0.25, 0.3) is 0 Å². The number of nitrogens with one attached hydrogen (secondary N) is 2. The zero-order valence-corrected chi connectivity index (χ0v) is 20.5. The monoisotopic (exact) mass is 529 g/mol. The second kappa shape index (κ2) is 13.1. The predicted octanol–water partition coefficient (Wildman–Crippen LogP) is 3.41. The van der Waals surface area contributed by atoms with Crippen molar-refractivity contribution in [3.63, 3.8) is 0 Å². The number of halogens is 1. The summed E-state index contributed by atoms with van der Waals surface area (Å²) in [6.45, 7) is 11.0. The minimum absolute atomic E-state index is 0. The Morgan fingerprint density at radius 1 is 1.17 bits per heavy atom. The van der Waals surface area contributed by atoms with E-state index in [0.717, 1.165) is 56.8 Å². The van der Waals surface area contributed by atoms with Crippen LogP contribution in [-0.2, 0) is 30.8 Å². The molecule has 2 N–H and O–H groups in total. The molecule has 1 aromatic heterocycles. The van der Waals surface area contributed by atoms with Crippen molar-refractivity contribution in [2.45, 2.75) is 39.9 Å². The minimum atomic E-state index is 0. The molecule has 0 spiro atoms. The zero-order chi connectivity index (χ0) is 19.6. The first-order valence-corrected chi connectivity index (χ1v) is 10.9. The Hall–Kier alpha value is -1.23. The Labute approximate surface area is 195 Å². The summed E-state index contributed by atoms with van der Waals surface area (Å²) in [4.78, 5) is 13.0. The third-order valence-corrected chi connectivity index (χ3v) is 5.87. The molecule has 1 aliphatic rings. The van der Waals surface area contributed by atoms with Crippen LogP contribution in [0.15, 0.2) is 35.5 Å². The lowest BCUT2D eigenvalue weighted by Crippen LogP contribution is -2.37. The van der Waals surface area contributed by atoms with Gasteiger partial charge in [-0.15, -0.1) is 35.3 Å². The van der Waals surface area contributed by atoms with Crippen molar-refractivity contribution in [1.29, 1.82) is 0 Å². The van der Waals surface area contributed by atoms with Crippen molar-refractivity contribution in [2.24, 2.45) is 4.99 Å². The number of aryl methyl sites for hydroxylation is 1. The molecule has 8 heteroatoms. The van der Waals surface area contributed by atoms with E-state index in [-0.39, 0.29) is 24.0 Å². The average molecular weight is 529 g/mol. The summed E-state index contributed by atoms with van der Waals surface area (Å²) >= 11 is 1.76. The van der Waals surface area contributed by atoms with Crippen molar-refractivity contribution < 1.29 is 4.74 Å². The third kappa shape index (κ3) is 7.84. The molecule has 1 saturated heterocycles. The number of benzene rings is 1. The van der Waals surface area contributed by atoms with E-state index in [2.05, 4.69) is 58.6 Å². The van der Waals surface area contributed by atoms with Gasteiger partial charge in [-0.3, -0.25) is 4.90 Å². The average Bonchev–Trinajstić information content (AvgIpc) is 3.20. The van der Waals surface area contributed by atoms with Gasteiger partial charge in [-0.1, -0.05) is 31.2 Å². The van der Waals surface area contributed by atoms with Gasteiger partial charge in [0.1, 0.15) is 5.01 Å². The summed E-state index contributed by atoms with van der Waals surface area (Å²) in [5.74, 6) is 0.830. The molecular weight excluding hydrogens is 497 g/mol. The number of aliphatic imine (C=N–C) groups is 1. The number of ether oxygens (including phenoxy) is 1. The van der Waals surface area contributed by atoms with E-state index >= 15 is 0 Å². The molecule has 160 valence electrons. The van der Waals surface area contributed by atoms with Crippen molar-refractivity contribution in [2.75, 3.05) is 32.8 Å². The Morgan fingerprint density at radius 2 is 1.93 bits per heavy atom. The number of thiazole rings is 1. The molecule has 0 unspecified atom stereocenters. The van der Waals surface area contributed by atoms with Gasteiger partial charge in [-0.25, -0.2) is 9.98 Å². The van der Waals surface area contributed by atoms with Crippen molar-refractivity contribution >= 4 is 41.3 Å². The van der Waals surface area contributed by atoms with Gasteiger partial charge in [0.05, 0.1) is 26.3 Å². The van der Waals surface area contributed by atoms with Crippen molar-refractivity contribution in [3.05, 3.63) is 51.5 Å². The lowest BCUT2D eigenvalue weighted by Gasteiger charge is -2.27. The SMILES string of the molecule is CCNC(=NCc1ccccc1CN1CCOCC1)NCc1ncc(CC)s1.I. The van der Waals surface area contributed by atoms with E-state index in [9.17, 15) is 0 Å². The van der Waals surface area contributed by atoms with E-state index < -0.39 is 0 Å². The maximum Gasteiger partial charge on any atom is 0.191 e. The topological polar surface area (TPSA) is 61.8 Å². The Morgan fingerprint density at radius 3 is 2.62 bits per heavy atom. The predicted molar refractivity (Wildman–Crippen MR) is 131 cm³/mol. The number of aromatic nitrogens is 1. The molecule has 0 aliphatic carbocycles. The number of hydrogen-bond acceptors (Lipinski definition) is 5. The van der Waals surface area contributed by atoms with E-state index in [1.807, 2.05) is 6.20 Å². The first-order valence-electron chi connectivity index (χ1n) is 10.1. The zero-order valence-electron chi connectivity index (χ0n) is 17.3. The lowest BCUT2D eigenvalue weighted by molar-refractivity contribution is 0.0341. The van der Waals surface area contributed by atoms with Crippen LogP contribution < -0.4 is 10.6 Å². The molecule has 0 atom stereocenters. The lowest BCUT2D eigenvalue weighted by atomic mass is 10.1. The fraction of sp³-hybridized carbons (Fsp3) is 0.524. The molecule has 29 heavy (non-hydrogen) atoms. The van der Waals surface area contributed by atoms with Crippen LogP contribution in [0.1, 0.15) is 34.9 Å². The Balaban J connectivity index is 0.00000300. The van der Waals surface area contributed by atoms with Gasteiger partial charge in [-0.05, 0) is 24.5 Å². The molecule has 2 aromatic rings. The normalized spacial score (nSPS) is 15.0. The van der Waals surface area contributed by atoms with Gasteiger partial charge in [0, 0.05) is 37.3 Å². The van der Waals surface area contributed by atoms with Gasteiger partial charge >= 0.3 is 0 Å². The summed E-state index contributed by atoms with van der Waals surface area (Å²) in [6.07, 6.45) is 3.00. The molecule has 1 aliphatic heterocycles. The number of hydrogen-bond donors (Lipinski definition) is 2. The highest BCUT2D eigenvalue weighted by Crippen LogP contribution is 2.15. The second-order valence-corrected chi connectivity index (χ2v) is 7.98. The van der Waals surface area contributed by atoms with E-state index in [4.69, 9.17) is 9.73 Å². The maximum absolute atomic E-state index is 5.46. The first kappa shape index (κ1) is 24.0. The fourth-order valence-electron chi connectivity index (χ4n) is 3.12. The summed E-state index contributed by atoms with van der Waals surface area (Å²) in [5, 5.41) is 7.83. The summed E-state index contributed by atoms with van der Waals surface area (Å²) in [5.41, 5.74) is 2.62. The van der Waals surface area contributed by atoms with Crippen LogP contribution in [0.3, 0.4) is 0 Å². The number of guanidine groups is 1. The van der Waals surface area contributed by atoms with Gasteiger partial charge in [0.15, 0.2) is 5.96 Å². The highest BCUT2D eigenvalue weighted by atomic mass is 127. The van der Waals surface area contributed by atoms with Gasteiger partial charge in [0.25, 0.3) is 0 Å². The van der Waals surface area contributed by atoms with Crippen LogP contribution in [0.2, 0.25) is 0 Å². The van der Waals surface area contributed by atoms with Crippen molar-refractivity contribution in [1.82, 2.24) is 20.5 Å². The third-order valence-electron chi connectivity index (χ3n) is 4.72. The summed E-state index contributed by atoms with van der Waals surface area (Å²) in [7, 11) is 0. The quantitative estimate of drug-likeness (QED) is 0.312. The first-order chi connectivity index (χ1) is 13.8. The van der Waals surface area contributed by atoms with Gasteiger partial charge < -0.3 is 15.4 Å². The van der Waals surface area contributed by atoms with Gasteiger partial charge in [-0.2, -0.15) is 0 Å². The smallest absolute Gasteiger partial charge is 0.191 e. The summed E-state index contributed by atoms with van der Waals surface area (Å²) in [6, 6.07) is 8.59. The highest BCUT2D eigenvalue weighted by molar-refractivity contribution is 14.0. The maximum atomic E-state index is 5.46. The molecule has 1 fully saturated rings. The molecule has 6 nitrogen and oxygen atoms in total. The minimum Gasteiger partial charge on any atom is -0.379 e. The molecule has 3 rings (SSSR count). The molecule has 2 heterocycles. The van der Waals surface area contributed by atoms with E-state index in [1.165, 1.54) is 16.0 Å². The molecule has 1 aromatic carbocycles. The Kier molecular flexibility index (Phi) is 10.9. The standard InChI is InChI=1S/C21H31N5OS.HI/c1-3-19-14-23-20(28-19)15-25-21(22-4-2)24-13-17-7-5-6-8-18(17)16-26-9-11-27-12-10-26;/h5-8,14H,3-4,9-13,15-16H2,1-2H3,(H2,22,24,25);1H. The van der Waals surface area contributed by atoms with E-state index in [0.29, 0.717) is 13.1 Å². The van der Waals surface area contributed by atoms with Crippen LogP contribution in [0.5, 0.6) is 0 Å². The molecule has 0 radical (unpaired) electrons. The van der Waals surface area contributed by atoms with Crippen LogP contribution in [-0.4, -0.2) is 48.7 Å². The largest absolute Gasteiger partial charge is 0.379 e. The van der Waals surface area contributed by atoms with Crippen LogP contribution in [0, 0.1) is 0 Å². The Bertz CT molecular complexity index is 761. The fourth-order valence-corrected chi connectivity index (χ4v) is 3.93. The van der Waals surface area contributed by atoms with Crippen LogP contribution >= 0.6 is 35.3 Å². The molecule has 0 saturated carbocycles. The number of nitrogens with zero attached hydrogens (tertiary/aromatic N) is 3. The second-order valence-electron chi connectivity index (χ2n) is 6.78. The van der Waals surface area contributed by atoms with E-state index in [1.54, 1.807) is 11.3 Å². The number of morpholine rings is 1. The van der Waals surface area contributed by atoms with Crippen molar-refractivity contribution in [3.8, 4) is 0 Å². The molecule has 0 bridgehead atoms. The summed E-state index contributed by atoms with van der Waals surface area (Å²) < 4.78 is 5.46. The number of rotatable bonds is 8. The molecular formula is C21H32IN5OS. The molecule has 0 amide bonds. The van der Waals surface area contributed by atoms with Gasteiger partial charge in [0.2, 0.25) is 0 Å². The van der Waals surface area contributed by atoms with Crippen LogP contribution in [0.4, 0.5) is 0 Å².